The standard InChI is InChI=1S/C22H27N5O3/c1-2-30-22(28)17-6-4-16(5-7-17)19-14-18-20(24-15-25-21(18)26-19)23-8-3-9-27-10-12-29-13-11-27/h4-7,14-15H,2-3,8-13H2,1H3,(H2,23,24,25,26). The first-order valence-corrected chi connectivity index (χ1v) is 10.4. The summed E-state index contributed by atoms with van der Waals surface area (Å²) >= 11 is 0. The topological polar surface area (TPSA) is 92.4 Å². The van der Waals surface area contributed by atoms with E-state index >= 15 is 0 Å². The Morgan fingerprint density at radius 1 is 1.23 bits per heavy atom. The predicted octanol–water partition coefficient (Wildman–Crippen LogP) is 2.94. The zero-order chi connectivity index (χ0) is 20.8. The van der Waals surface area contributed by atoms with E-state index in [-0.39, 0.29) is 5.97 Å². The van der Waals surface area contributed by atoms with Gasteiger partial charge < -0.3 is 19.8 Å². The van der Waals surface area contributed by atoms with Crippen molar-refractivity contribution in [1.82, 2.24) is 19.9 Å². The fourth-order valence-electron chi connectivity index (χ4n) is 3.57. The number of morpholine rings is 1. The Bertz CT molecular complexity index is 980. The van der Waals surface area contributed by atoms with Gasteiger partial charge in [0, 0.05) is 25.3 Å². The maximum Gasteiger partial charge on any atom is 0.338 e. The van der Waals surface area contributed by atoms with E-state index in [2.05, 4.69) is 25.2 Å². The molecule has 2 aromatic heterocycles. The normalized spacial score (nSPS) is 14.7. The SMILES string of the molecule is CCOC(=O)c1ccc(-c2cc3c(NCCCN4CCOCC4)ncnc3[nH]2)cc1. The third-order valence-corrected chi connectivity index (χ3v) is 5.18. The Hall–Kier alpha value is -2.97. The van der Waals surface area contributed by atoms with Gasteiger partial charge in [-0.25, -0.2) is 14.8 Å². The highest BCUT2D eigenvalue weighted by molar-refractivity contribution is 5.92. The lowest BCUT2D eigenvalue weighted by molar-refractivity contribution is 0.0378. The molecule has 3 heterocycles. The molecule has 30 heavy (non-hydrogen) atoms. The van der Waals surface area contributed by atoms with Crippen molar-refractivity contribution in [2.45, 2.75) is 13.3 Å². The van der Waals surface area contributed by atoms with Crippen LogP contribution in [0.4, 0.5) is 5.82 Å². The Morgan fingerprint density at radius 3 is 2.80 bits per heavy atom. The Balaban J connectivity index is 1.42. The summed E-state index contributed by atoms with van der Waals surface area (Å²) in [7, 11) is 0. The molecule has 158 valence electrons. The number of esters is 1. The molecule has 1 aliphatic heterocycles. The number of rotatable bonds is 8. The number of anilines is 1. The minimum Gasteiger partial charge on any atom is -0.462 e. The molecule has 8 nitrogen and oxygen atoms in total. The zero-order valence-electron chi connectivity index (χ0n) is 17.2. The number of carbonyl (C=O) groups is 1. The van der Waals surface area contributed by atoms with E-state index in [0.29, 0.717) is 12.2 Å². The summed E-state index contributed by atoms with van der Waals surface area (Å²) in [5.74, 6) is 0.516. The number of benzene rings is 1. The monoisotopic (exact) mass is 409 g/mol. The van der Waals surface area contributed by atoms with Crippen LogP contribution in [0.3, 0.4) is 0 Å². The van der Waals surface area contributed by atoms with E-state index in [9.17, 15) is 4.79 Å². The molecule has 8 heteroatoms. The largest absolute Gasteiger partial charge is 0.462 e. The molecule has 1 saturated heterocycles. The van der Waals surface area contributed by atoms with Gasteiger partial charge in [-0.15, -0.1) is 0 Å². The lowest BCUT2D eigenvalue weighted by atomic mass is 10.1. The number of hydrogen-bond donors (Lipinski definition) is 2. The maximum absolute atomic E-state index is 11.8. The summed E-state index contributed by atoms with van der Waals surface area (Å²) < 4.78 is 10.4. The molecule has 1 aromatic carbocycles. The fraction of sp³-hybridized carbons (Fsp3) is 0.409. The highest BCUT2D eigenvalue weighted by Gasteiger charge is 2.12. The lowest BCUT2D eigenvalue weighted by Gasteiger charge is -2.26. The van der Waals surface area contributed by atoms with Crippen LogP contribution in [0.25, 0.3) is 22.3 Å². The molecule has 0 unspecified atom stereocenters. The van der Waals surface area contributed by atoms with Crippen LogP contribution in [0.15, 0.2) is 36.7 Å². The van der Waals surface area contributed by atoms with Crippen LogP contribution in [0.1, 0.15) is 23.7 Å². The average Bonchev–Trinajstić information content (AvgIpc) is 3.23. The summed E-state index contributed by atoms with van der Waals surface area (Å²) in [6.07, 6.45) is 2.61. The van der Waals surface area contributed by atoms with E-state index in [1.807, 2.05) is 18.2 Å². The van der Waals surface area contributed by atoms with Crippen molar-refractivity contribution in [3.63, 3.8) is 0 Å². The van der Waals surface area contributed by atoms with E-state index in [1.54, 1.807) is 25.4 Å². The molecule has 1 fully saturated rings. The first kappa shape index (κ1) is 20.3. The Kier molecular flexibility index (Phi) is 6.56. The van der Waals surface area contributed by atoms with Gasteiger partial charge in [-0.3, -0.25) is 4.90 Å². The van der Waals surface area contributed by atoms with E-state index < -0.39 is 0 Å². The highest BCUT2D eigenvalue weighted by atomic mass is 16.5. The molecule has 4 rings (SSSR count). The van der Waals surface area contributed by atoms with E-state index in [1.165, 1.54) is 0 Å². The molecule has 0 bridgehead atoms. The van der Waals surface area contributed by atoms with Crippen molar-refractivity contribution in [2.24, 2.45) is 0 Å². The first-order chi connectivity index (χ1) is 14.7. The second kappa shape index (κ2) is 9.69. The van der Waals surface area contributed by atoms with E-state index in [0.717, 1.165) is 73.9 Å². The van der Waals surface area contributed by atoms with Gasteiger partial charge in [0.05, 0.1) is 30.8 Å². The second-order valence-electron chi connectivity index (χ2n) is 7.20. The molecule has 1 aliphatic rings. The van der Waals surface area contributed by atoms with Gasteiger partial charge in [-0.2, -0.15) is 0 Å². The highest BCUT2D eigenvalue weighted by Crippen LogP contribution is 2.27. The number of aromatic nitrogens is 3. The molecule has 3 aromatic rings. The summed E-state index contributed by atoms with van der Waals surface area (Å²) in [5.41, 5.74) is 3.22. The quantitative estimate of drug-likeness (QED) is 0.436. The number of fused-ring (bicyclic) bond motifs is 1. The van der Waals surface area contributed by atoms with Crippen molar-refractivity contribution in [3.8, 4) is 11.3 Å². The van der Waals surface area contributed by atoms with Crippen molar-refractivity contribution >= 4 is 22.8 Å². The second-order valence-corrected chi connectivity index (χ2v) is 7.20. The van der Waals surface area contributed by atoms with Crippen LogP contribution in [0.5, 0.6) is 0 Å². The third-order valence-electron chi connectivity index (χ3n) is 5.18. The lowest BCUT2D eigenvalue weighted by Crippen LogP contribution is -2.37. The van der Waals surface area contributed by atoms with Crippen molar-refractivity contribution in [2.75, 3.05) is 51.3 Å². The Labute approximate surface area is 175 Å². The number of nitrogens with zero attached hydrogens (tertiary/aromatic N) is 3. The van der Waals surface area contributed by atoms with Crippen molar-refractivity contribution in [1.29, 1.82) is 0 Å². The number of aromatic amines is 1. The van der Waals surface area contributed by atoms with Crippen LogP contribution in [0, 0.1) is 0 Å². The van der Waals surface area contributed by atoms with Crippen molar-refractivity contribution in [3.05, 3.63) is 42.2 Å². The summed E-state index contributed by atoms with van der Waals surface area (Å²) in [6.45, 7) is 7.73. The molecule has 0 atom stereocenters. The van der Waals surface area contributed by atoms with Crippen LogP contribution < -0.4 is 5.32 Å². The van der Waals surface area contributed by atoms with Gasteiger partial charge in [0.15, 0.2) is 0 Å². The Morgan fingerprint density at radius 2 is 2.03 bits per heavy atom. The molecular weight excluding hydrogens is 382 g/mol. The number of nitrogens with one attached hydrogen (secondary N) is 2. The minimum absolute atomic E-state index is 0.310. The van der Waals surface area contributed by atoms with Gasteiger partial charge in [-0.1, -0.05) is 12.1 Å². The zero-order valence-corrected chi connectivity index (χ0v) is 17.2. The molecular formula is C22H27N5O3. The fourth-order valence-corrected chi connectivity index (χ4v) is 3.57. The van der Waals surface area contributed by atoms with Gasteiger partial charge in [0.2, 0.25) is 0 Å². The smallest absolute Gasteiger partial charge is 0.338 e. The van der Waals surface area contributed by atoms with Gasteiger partial charge >= 0.3 is 5.97 Å². The molecule has 0 spiro atoms. The molecule has 0 saturated carbocycles. The van der Waals surface area contributed by atoms with Gasteiger partial charge in [0.25, 0.3) is 0 Å². The molecule has 0 radical (unpaired) electrons. The number of ether oxygens (including phenoxy) is 2. The first-order valence-electron chi connectivity index (χ1n) is 10.4. The molecule has 0 aliphatic carbocycles. The molecule has 2 N–H and O–H groups in total. The minimum atomic E-state index is -0.310. The van der Waals surface area contributed by atoms with Crippen LogP contribution in [0.2, 0.25) is 0 Å². The average molecular weight is 409 g/mol. The maximum atomic E-state index is 11.8. The van der Waals surface area contributed by atoms with E-state index in [4.69, 9.17) is 9.47 Å². The van der Waals surface area contributed by atoms with Crippen LogP contribution in [-0.4, -0.2) is 71.8 Å². The number of carbonyl (C=O) groups excluding carboxylic acids is 1. The summed E-state index contributed by atoms with van der Waals surface area (Å²) in [6, 6.07) is 9.39. The predicted molar refractivity (Wildman–Crippen MR) is 116 cm³/mol. The number of hydrogen-bond acceptors (Lipinski definition) is 7. The number of H-pyrrole nitrogens is 1. The summed E-state index contributed by atoms with van der Waals surface area (Å²) in [4.78, 5) is 26.4. The van der Waals surface area contributed by atoms with Gasteiger partial charge in [-0.05, 0) is 43.7 Å². The van der Waals surface area contributed by atoms with Gasteiger partial charge in [0.1, 0.15) is 17.8 Å². The van der Waals surface area contributed by atoms with Crippen molar-refractivity contribution < 1.29 is 14.3 Å². The van der Waals surface area contributed by atoms with Crippen LogP contribution >= 0.6 is 0 Å². The summed E-state index contributed by atoms with van der Waals surface area (Å²) in [5, 5.41) is 4.39. The van der Waals surface area contributed by atoms with Crippen LogP contribution in [-0.2, 0) is 9.47 Å². The molecule has 0 amide bonds. The third kappa shape index (κ3) is 4.77.